The van der Waals surface area contributed by atoms with Crippen LogP contribution in [0, 0.1) is 0 Å². The van der Waals surface area contributed by atoms with E-state index >= 15 is 0 Å². The molecule has 4 rings (SSSR count). The van der Waals surface area contributed by atoms with Crippen LogP contribution >= 0.6 is 11.6 Å². The van der Waals surface area contributed by atoms with Gasteiger partial charge in [0.15, 0.2) is 11.5 Å². The summed E-state index contributed by atoms with van der Waals surface area (Å²) in [5.41, 5.74) is 3.33. The molecule has 0 fully saturated rings. The average molecular weight is 383 g/mol. The number of phenolic OH excluding ortho intramolecular Hbond substituents is 1. The van der Waals surface area contributed by atoms with Crippen molar-refractivity contribution >= 4 is 11.6 Å². The molecule has 1 aliphatic heterocycles. The maximum atomic E-state index is 10.6. The Kier molecular flexibility index (Phi) is 5.10. The molecule has 1 aromatic heterocycles. The van der Waals surface area contributed by atoms with Crippen LogP contribution in [0.2, 0.25) is 5.02 Å². The van der Waals surface area contributed by atoms with Gasteiger partial charge in [0.05, 0.1) is 13.2 Å². The predicted molar refractivity (Wildman–Crippen MR) is 107 cm³/mol. The van der Waals surface area contributed by atoms with E-state index in [2.05, 4.69) is 39.9 Å². The van der Waals surface area contributed by atoms with E-state index in [0.29, 0.717) is 12.3 Å². The SMILES string of the molecule is COc1cccc(CN2CCCn3cccc3[C@@H]2c2ccc(Cl)cc2)c1O. The van der Waals surface area contributed by atoms with Gasteiger partial charge in [0.2, 0.25) is 0 Å². The number of hydrogen-bond donors (Lipinski definition) is 1. The zero-order valence-corrected chi connectivity index (χ0v) is 16.1. The van der Waals surface area contributed by atoms with E-state index in [0.717, 1.165) is 30.1 Å². The monoisotopic (exact) mass is 382 g/mol. The minimum absolute atomic E-state index is 0.102. The molecule has 1 aliphatic rings. The first kappa shape index (κ1) is 18.0. The molecule has 0 saturated carbocycles. The van der Waals surface area contributed by atoms with Crippen LogP contribution in [-0.2, 0) is 13.1 Å². The molecule has 0 amide bonds. The Morgan fingerprint density at radius 3 is 2.67 bits per heavy atom. The Hall–Kier alpha value is -2.43. The summed E-state index contributed by atoms with van der Waals surface area (Å²) < 4.78 is 7.60. The molecule has 2 heterocycles. The van der Waals surface area contributed by atoms with Gasteiger partial charge in [-0.1, -0.05) is 35.9 Å². The minimum atomic E-state index is 0.102. The molecule has 0 saturated heterocycles. The van der Waals surface area contributed by atoms with Crippen molar-refractivity contribution in [2.45, 2.75) is 25.6 Å². The van der Waals surface area contributed by atoms with Gasteiger partial charge < -0.3 is 14.4 Å². The number of aromatic hydroxyl groups is 1. The van der Waals surface area contributed by atoms with Gasteiger partial charge in [-0.05, 0) is 42.3 Å². The predicted octanol–water partition coefficient (Wildman–Crippen LogP) is 4.85. The number of para-hydroxylation sites is 1. The van der Waals surface area contributed by atoms with Crippen molar-refractivity contribution in [1.82, 2.24) is 9.47 Å². The smallest absolute Gasteiger partial charge is 0.162 e. The quantitative estimate of drug-likeness (QED) is 0.700. The highest BCUT2D eigenvalue weighted by Crippen LogP contribution is 2.36. The Bertz CT molecular complexity index is 920. The summed E-state index contributed by atoms with van der Waals surface area (Å²) >= 11 is 6.12. The summed E-state index contributed by atoms with van der Waals surface area (Å²) in [4.78, 5) is 2.41. The molecule has 0 spiro atoms. The molecule has 0 aliphatic carbocycles. The lowest BCUT2D eigenvalue weighted by Gasteiger charge is -2.31. The number of aromatic nitrogens is 1. The maximum absolute atomic E-state index is 10.6. The topological polar surface area (TPSA) is 37.6 Å². The van der Waals surface area contributed by atoms with Crippen molar-refractivity contribution in [2.75, 3.05) is 13.7 Å². The highest BCUT2D eigenvalue weighted by Gasteiger charge is 2.28. The first-order valence-corrected chi connectivity index (χ1v) is 9.54. The Labute approximate surface area is 164 Å². The second-order valence-corrected chi connectivity index (χ2v) is 7.31. The summed E-state index contributed by atoms with van der Waals surface area (Å²) in [5, 5.41) is 11.3. The van der Waals surface area contributed by atoms with Crippen LogP contribution in [0.1, 0.15) is 29.3 Å². The molecule has 0 bridgehead atoms. The fraction of sp³-hybridized carbons (Fsp3) is 0.273. The summed E-state index contributed by atoms with van der Waals surface area (Å²) in [6.45, 7) is 2.57. The molecule has 5 heteroatoms. The van der Waals surface area contributed by atoms with Gasteiger partial charge in [0, 0.05) is 42.1 Å². The largest absolute Gasteiger partial charge is 0.504 e. The van der Waals surface area contributed by atoms with Crippen LogP contribution in [0.3, 0.4) is 0 Å². The summed E-state index contributed by atoms with van der Waals surface area (Å²) in [7, 11) is 1.58. The number of methoxy groups -OCH3 is 1. The Balaban J connectivity index is 1.74. The second kappa shape index (κ2) is 7.67. The average Bonchev–Trinajstić information content (AvgIpc) is 3.06. The van der Waals surface area contributed by atoms with E-state index in [1.165, 1.54) is 11.3 Å². The first-order chi connectivity index (χ1) is 13.2. The van der Waals surface area contributed by atoms with Crippen molar-refractivity contribution in [1.29, 1.82) is 0 Å². The number of rotatable bonds is 4. The standard InChI is InChI=1S/C22H23ClN2O2/c1-27-20-7-2-5-17(22(20)26)15-25-14-4-13-24-12-3-6-19(24)21(25)16-8-10-18(23)11-9-16/h2-3,5-12,21,26H,4,13-15H2,1H3/t21-/m0/s1. The zero-order chi connectivity index (χ0) is 18.8. The van der Waals surface area contributed by atoms with E-state index in [-0.39, 0.29) is 11.8 Å². The number of phenols is 1. The highest BCUT2D eigenvalue weighted by molar-refractivity contribution is 6.30. The number of aryl methyl sites for hydroxylation is 1. The summed E-state index contributed by atoms with van der Waals surface area (Å²) in [6, 6.07) is 18.1. The van der Waals surface area contributed by atoms with Crippen molar-refractivity contribution < 1.29 is 9.84 Å². The van der Waals surface area contributed by atoms with Crippen LogP contribution in [0.5, 0.6) is 11.5 Å². The van der Waals surface area contributed by atoms with E-state index < -0.39 is 0 Å². The molecule has 1 atom stereocenters. The van der Waals surface area contributed by atoms with Crippen LogP contribution in [0.15, 0.2) is 60.8 Å². The van der Waals surface area contributed by atoms with Crippen LogP contribution in [-0.4, -0.2) is 28.2 Å². The van der Waals surface area contributed by atoms with E-state index in [4.69, 9.17) is 16.3 Å². The van der Waals surface area contributed by atoms with Gasteiger partial charge in [0.1, 0.15) is 0 Å². The third-order valence-corrected chi connectivity index (χ3v) is 5.47. The van der Waals surface area contributed by atoms with Crippen LogP contribution in [0.25, 0.3) is 0 Å². The zero-order valence-electron chi connectivity index (χ0n) is 15.3. The molecule has 4 nitrogen and oxygen atoms in total. The lowest BCUT2D eigenvalue weighted by atomic mass is 10.0. The van der Waals surface area contributed by atoms with Gasteiger partial charge in [-0.25, -0.2) is 0 Å². The van der Waals surface area contributed by atoms with Crippen molar-refractivity contribution in [3.05, 3.63) is 82.6 Å². The van der Waals surface area contributed by atoms with E-state index in [9.17, 15) is 5.11 Å². The van der Waals surface area contributed by atoms with Gasteiger partial charge in [-0.2, -0.15) is 0 Å². The van der Waals surface area contributed by atoms with E-state index in [1.807, 2.05) is 24.3 Å². The minimum Gasteiger partial charge on any atom is -0.504 e. The molecule has 2 aromatic carbocycles. The summed E-state index contributed by atoms with van der Waals surface area (Å²) in [5.74, 6) is 0.725. The molecule has 0 unspecified atom stereocenters. The normalized spacial score (nSPS) is 17.3. The van der Waals surface area contributed by atoms with Gasteiger partial charge in [-0.15, -0.1) is 0 Å². The Morgan fingerprint density at radius 2 is 1.89 bits per heavy atom. The third-order valence-electron chi connectivity index (χ3n) is 5.22. The van der Waals surface area contributed by atoms with Crippen LogP contribution in [0.4, 0.5) is 0 Å². The molecule has 140 valence electrons. The molecular weight excluding hydrogens is 360 g/mol. The van der Waals surface area contributed by atoms with Crippen molar-refractivity contribution in [3.63, 3.8) is 0 Å². The highest BCUT2D eigenvalue weighted by atomic mass is 35.5. The second-order valence-electron chi connectivity index (χ2n) is 6.87. The molecule has 3 aromatic rings. The molecule has 1 N–H and O–H groups in total. The van der Waals surface area contributed by atoms with Gasteiger partial charge in [0.25, 0.3) is 0 Å². The maximum Gasteiger partial charge on any atom is 0.162 e. The number of halogens is 1. The summed E-state index contributed by atoms with van der Waals surface area (Å²) in [6.07, 6.45) is 3.20. The number of hydrogen-bond acceptors (Lipinski definition) is 3. The van der Waals surface area contributed by atoms with Crippen molar-refractivity contribution in [2.24, 2.45) is 0 Å². The number of benzene rings is 2. The van der Waals surface area contributed by atoms with E-state index in [1.54, 1.807) is 13.2 Å². The number of ether oxygens (including phenoxy) is 1. The number of fused-ring (bicyclic) bond motifs is 1. The fourth-order valence-electron chi connectivity index (χ4n) is 3.92. The molecular formula is C22H23ClN2O2. The fourth-order valence-corrected chi connectivity index (χ4v) is 4.04. The first-order valence-electron chi connectivity index (χ1n) is 9.17. The van der Waals surface area contributed by atoms with Crippen molar-refractivity contribution in [3.8, 4) is 11.5 Å². The molecule has 0 radical (unpaired) electrons. The van der Waals surface area contributed by atoms with Crippen LogP contribution < -0.4 is 4.74 Å². The lowest BCUT2D eigenvalue weighted by molar-refractivity contribution is 0.217. The third kappa shape index (κ3) is 3.55. The Morgan fingerprint density at radius 1 is 1.07 bits per heavy atom. The lowest BCUT2D eigenvalue weighted by Crippen LogP contribution is -2.29. The van der Waals surface area contributed by atoms with Gasteiger partial charge >= 0.3 is 0 Å². The molecule has 27 heavy (non-hydrogen) atoms. The number of nitrogens with zero attached hydrogens (tertiary/aromatic N) is 2. The van der Waals surface area contributed by atoms with Gasteiger partial charge in [-0.3, -0.25) is 4.90 Å².